The topological polar surface area (TPSA) is 63.2 Å². The van der Waals surface area contributed by atoms with Crippen LogP contribution in [0, 0.1) is 0 Å². The largest absolute Gasteiger partial charge is 0.496 e. The van der Waals surface area contributed by atoms with Gasteiger partial charge >= 0.3 is 5.97 Å². The quantitative estimate of drug-likeness (QED) is 0.625. The summed E-state index contributed by atoms with van der Waals surface area (Å²) in [6, 6.07) is 5.13. The van der Waals surface area contributed by atoms with Crippen LogP contribution in [0.15, 0.2) is 18.2 Å². The van der Waals surface area contributed by atoms with E-state index in [4.69, 9.17) is 23.7 Å². The Balaban J connectivity index is 2.98. The third kappa shape index (κ3) is 2.59. The van der Waals surface area contributed by atoms with Crippen LogP contribution in [0.25, 0.3) is 10.8 Å². The van der Waals surface area contributed by atoms with Crippen LogP contribution in [-0.2, 0) is 4.79 Å². The number of carbonyl (C=O) groups excluding carboxylic acids is 1. The van der Waals surface area contributed by atoms with Crippen molar-refractivity contribution in [2.45, 2.75) is 6.92 Å². The average molecular weight is 306 g/mol. The lowest BCUT2D eigenvalue weighted by Gasteiger charge is -2.18. The molecule has 0 aromatic heterocycles. The predicted molar refractivity (Wildman–Crippen MR) is 81.5 cm³/mol. The average Bonchev–Trinajstić information content (AvgIpc) is 2.53. The van der Waals surface area contributed by atoms with Crippen LogP contribution < -0.4 is 23.7 Å². The van der Waals surface area contributed by atoms with Crippen molar-refractivity contribution in [3.8, 4) is 28.7 Å². The van der Waals surface area contributed by atoms with Crippen molar-refractivity contribution in [3.05, 3.63) is 18.2 Å². The van der Waals surface area contributed by atoms with Gasteiger partial charge in [-0.3, -0.25) is 4.79 Å². The second-order valence-corrected chi connectivity index (χ2v) is 4.42. The molecule has 0 fully saturated rings. The standard InChI is InChI=1S/C16H18O6/c1-9(17)22-16-13(21-5)8-12(20-4)14-10(18-2)6-7-11(19-3)15(14)16/h6-8H,1-5H3. The van der Waals surface area contributed by atoms with E-state index in [0.29, 0.717) is 33.8 Å². The van der Waals surface area contributed by atoms with E-state index in [1.165, 1.54) is 21.1 Å². The number of methoxy groups -OCH3 is 4. The highest BCUT2D eigenvalue weighted by molar-refractivity contribution is 6.04. The summed E-state index contributed by atoms with van der Waals surface area (Å²) in [5, 5.41) is 1.19. The molecule has 6 heteroatoms. The molecule has 0 radical (unpaired) electrons. The minimum atomic E-state index is -0.463. The third-order valence-electron chi connectivity index (χ3n) is 3.21. The van der Waals surface area contributed by atoms with Crippen LogP contribution in [-0.4, -0.2) is 34.4 Å². The highest BCUT2D eigenvalue weighted by atomic mass is 16.6. The van der Waals surface area contributed by atoms with E-state index in [-0.39, 0.29) is 5.75 Å². The fourth-order valence-electron chi connectivity index (χ4n) is 2.31. The Labute approximate surface area is 128 Å². The molecule has 0 saturated carbocycles. The molecule has 118 valence electrons. The first-order valence-electron chi connectivity index (χ1n) is 6.55. The summed E-state index contributed by atoms with van der Waals surface area (Å²) in [6.45, 7) is 1.32. The maximum Gasteiger partial charge on any atom is 0.308 e. The van der Waals surface area contributed by atoms with Crippen molar-refractivity contribution >= 4 is 16.7 Å². The van der Waals surface area contributed by atoms with Crippen LogP contribution in [0.3, 0.4) is 0 Å². The van der Waals surface area contributed by atoms with Crippen LogP contribution in [0.2, 0.25) is 0 Å². The Kier molecular flexibility index (Phi) is 4.60. The summed E-state index contributed by atoms with van der Waals surface area (Å²) in [5.74, 6) is 1.79. The molecule has 0 spiro atoms. The van der Waals surface area contributed by atoms with Gasteiger partial charge in [-0.15, -0.1) is 0 Å². The van der Waals surface area contributed by atoms with Gasteiger partial charge in [-0.05, 0) is 12.1 Å². The molecule has 2 aromatic rings. The molecule has 2 rings (SSSR count). The van der Waals surface area contributed by atoms with Crippen molar-refractivity contribution in [3.63, 3.8) is 0 Å². The summed E-state index contributed by atoms with van der Waals surface area (Å²) in [4.78, 5) is 11.5. The number of esters is 1. The van der Waals surface area contributed by atoms with Gasteiger partial charge in [0, 0.05) is 13.0 Å². The van der Waals surface area contributed by atoms with Crippen molar-refractivity contribution in [2.75, 3.05) is 28.4 Å². The molecule has 0 aliphatic rings. The molecule has 0 saturated heterocycles. The van der Waals surface area contributed by atoms with E-state index in [0.717, 1.165) is 0 Å². The zero-order valence-corrected chi connectivity index (χ0v) is 13.2. The Morgan fingerprint density at radius 2 is 1.27 bits per heavy atom. The van der Waals surface area contributed by atoms with E-state index < -0.39 is 5.97 Å². The van der Waals surface area contributed by atoms with Gasteiger partial charge in [0.25, 0.3) is 0 Å². The number of hydrogen-bond donors (Lipinski definition) is 0. The molecule has 0 aliphatic carbocycles. The normalized spacial score (nSPS) is 10.2. The molecule has 0 atom stereocenters. The smallest absolute Gasteiger partial charge is 0.308 e. The first-order valence-corrected chi connectivity index (χ1v) is 6.55. The number of benzene rings is 2. The summed E-state index contributed by atoms with van der Waals surface area (Å²) in [6.07, 6.45) is 0. The Morgan fingerprint density at radius 1 is 0.773 bits per heavy atom. The lowest BCUT2D eigenvalue weighted by Crippen LogP contribution is -2.05. The van der Waals surface area contributed by atoms with E-state index in [9.17, 15) is 4.79 Å². The second-order valence-electron chi connectivity index (χ2n) is 4.42. The highest BCUT2D eigenvalue weighted by Crippen LogP contribution is 2.49. The molecule has 0 heterocycles. The second kappa shape index (κ2) is 6.43. The molecule has 0 bridgehead atoms. The van der Waals surface area contributed by atoms with Crippen LogP contribution in [0.5, 0.6) is 28.7 Å². The predicted octanol–water partition coefficient (Wildman–Crippen LogP) is 2.80. The number of hydrogen-bond acceptors (Lipinski definition) is 6. The maximum absolute atomic E-state index is 11.5. The molecule has 0 N–H and O–H groups in total. The van der Waals surface area contributed by atoms with Gasteiger partial charge in [0.2, 0.25) is 0 Å². The zero-order chi connectivity index (χ0) is 16.3. The van der Waals surface area contributed by atoms with E-state index in [2.05, 4.69) is 0 Å². The summed E-state index contributed by atoms with van der Waals surface area (Å²) >= 11 is 0. The lowest BCUT2D eigenvalue weighted by atomic mass is 10.1. The zero-order valence-electron chi connectivity index (χ0n) is 13.2. The molecule has 0 unspecified atom stereocenters. The first-order chi connectivity index (χ1) is 10.6. The van der Waals surface area contributed by atoms with Gasteiger partial charge in [-0.25, -0.2) is 0 Å². The number of carbonyl (C=O) groups is 1. The third-order valence-corrected chi connectivity index (χ3v) is 3.21. The lowest BCUT2D eigenvalue weighted by molar-refractivity contribution is -0.131. The summed E-state index contributed by atoms with van der Waals surface area (Å²) in [5.41, 5.74) is 0. The first kappa shape index (κ1) is 15.8. The molecule has 0 aliphatic heterocycles. The van der Waals surface area contributed by atoms with Crippen molar-refractivity contribution in [1.82, 2.24) is 0 Å². The Morgan fingerprint density at radius 3 is 1.73 bits per heavy atom. The minimum Gasteiger partial charge on any atom is -0.496 e. The van der Waals surface area contributed by atoms with E-state index >= 15 is 0 Å². The summed E-state index contributed by atoms with van der Waals surface area (Å²) in [7, 11) is 6.11. The fourth-order valence-corrected chi connectivity index (χ4v) is 2.31. The SMILES string of the molecule is COc1cc(OC)c2c(OC)ccc(OC)c2c1OC(C)=O. The Hall–Kier alpha value is -2.63. The number of rotatable bonds is 5. The van der Waals surface area contributed by atoms with E-state index in [1.807, 2.05) is 0 Å². The molecular weight excluding hydrogens is 288 g/mol. The van der Waals surface area contributed by atoms with Crippen LogP contribution >= 0.6 is 0 Å². The Bertz CT molecular complexity index is 708. The number of ether oxygens (including phenoxy) is 5. The highest BCUT2D eigenvalue weighted by Gasteiger charge is 2.22. The molecule has 2 aromatic carbocycles. The van der Waals surface area contributed by atoms with Gasteiger partial charge in [0.05, 0.1) is 39.2 Å². The van der Waals surface area contributed by atoms with E-state index in [1.54, 1.807) is 32.4 Å². The maximum atomic E-state index is 11.5. The molecule has 0 amide bonds. The van der Waals surface area contributed by atoms with Gasteiger partial charge in [-0.2, -0.15) is 0 Å². The van der Waals surface area contributed by atoms with Gasteiger partial charge < -0.3 is 23.7 Å². The van der Waals surface area contributed by atoms with Crippen molar-refractivity contribution in [2.24, 2.45) is 0 Å². The van der Waals surface area contributed by atoms with Crippen molar-refractivity contribution in [1.29, 1.82) is 0 Å². The molecule has 6 nitrogen and oxygen atoms in total. The van der Waals surface area contributed by atoms with Gasteiger partial charge in [-0.1, -0.05) is 0 Å². The molecular formula is C16H18O6. The monoisotopic (exact) mass is 306 g/mol. The minimum absolute atomic E-state index is 0.265. The van der Waals surface area contributed by atoms with Gasteiger partial charge in [0.1, 0.15) is 17.2 Å². The van der Waals surface area contributed by atoms with Gasteiger partial charge in [0.15, 0.2) is 11.5 Å². The van der Waals surface area contributed by atoms with Crippen LogP contribution in [0.1, 0.15) is 6.92 Å². The van der Waals surface area contributed by atoms with Crippen LogP contribution in [0.4, 0.5) is 0 Å². The van der Waals surface area contributed by atoms with Crippen molar-refractivity contribution < 1.29 is 28.5 Å². The number of fused-ring (bicyclic) bond motifs is 1. The summed E-state index contributed by atoms with van der Waals surface area (Å²) < 4.78 is 26.8. The molecule has 22 heavy (non-hydrogen) atoms. The fraction of sp³-hybridized carbons (Fsp3) is 0.312.